The molecule has 1 saturated carbocycles. The average molecular weight is 550 g/mol. The molecular weight excluding hydrogens is 501 g/mol. The van der Waals surface area contributed by atoms with Crippen molar-refractivity contribution in [3.05, 3.63) is 53.6 Å². The minimum Gasteiger partial charge on any atom is -0.492 e. The van der Waals surface area contributed by atoms with Crippen LogP contribution in [0.1, 0.15) is 115 Å². The lowest BCUT2D eigenvalue weighted by atomic mass is 9.83. The van der Waals surface area contributed by atoms with E-state index in [1.165, 1.54) is 37.7 Å². The maximum absolute atomic E-state index is 13.9. The molecule has 1 aliphatic rings. The number of carbonyl (C=O) groups is 1. The number of nitriles is 1. The van der Waals surface area contributed by atoms with Crippen molar-refractivity contribution in [2.45, 2.75) is 122 Å². The molecule has 0 amide bonds. The zero-order chi connectivity index (χ0) is 28.6. The lowest BCUT2D eigenvalue weighted by molar-refractivity contribution is -0.157. The lowest BCUT2D eigenvalue weighted by Crippen LogP contribution is -2.29. The third kappa shape index (κ3) is 10.6. The van der Waals surface area contributed by atoms with E-state index >= 15 is 0 Å². The van der Waals surface area contributed by atoms with Crippen LogP contribution in [0.15, 0.2) is 42.5 Å². The number of ether oxygens (including phenoxy) is 2. The molecule has 1 atom stereocenters. The number of hydrogen-bond acceptors (Lipinski definition) is 4. The Kier molecular flexibility index (Phi) is 14.0. The Balaban J connectivity index is 1.41. The standard InChI is InChI=1S/C35H48FNO3/c1-3-5-7-8-9-10-24-39-34-23-20-30(25-31(34)26-37)29-18-14-27(15-19-29)12-13-28-16-21-32(22-17-28)40-35(38)33(36)11-6-4-2/h14-15,18-20,23,25,28,32-33H,3-13,16-17,21-22,24H2,1-2H3/t28?,32?,33-/m0/s1. The van der Waals surface area contributed by atoms with Gasteiger partial charge in [-0.1, -0.05) is 89.1 Å². The fourth-order valence-corrected chi connectivity index (χ4v) is 5.50. The van der Waals surface area contributed by atoms with Gasteiger partial charge in [0.2, 0.25) is 0 Å². The van der Waals surface area contributed by atoms with Gasteiger partial charge in [0.05, 0.1) is 12.2 Å². The van der Waals surface area contributed by atoms with Crippen LogP contribution >= 0.6 is 0 Å². The molecule has 218 valence electrons. The van der Waals surface area contributed by atoms with E-state index in [0.717, 1.165) is 62.5 Å². The predicted octanol–water partition coefficient (Wildman–Crippen LogP) is 9.53. The van der Waals surface area contributed by atoms with Gasteiger partial charge in [0.1, 0.15) is 17.9 Å². The molecule has 3 rings (SSSR count). The molecule has 2 aromatic carbocycles. The van der Waals surface area contributed by atoms with E-state index in [2.05, 4.69) is 37.3 Å². The predicted molar refractivity (Wildman–Crippen MR) is 160 cm³/mol. The Morgan fingerprint density at radius 1 is 0.925 bits per heavy atom. The second-order valence-electron chi connectivity index (χ2n) is 11.4. The van der Waals surface area contributed by atoms with Gasteiger partial charge < -0.3 is 9.47 Å². The Labute approximate surface area is 241 Å². The minimum atomic E-state index is -1.48. The fraction of sp³-hybridized carbons (Fsp3) is 0.600. The van der Waals surface area contributed by atoms with Crippen LogP contribution in [0.2, 0.25) is 0 Å². The number of aryl methyl sites for hydroxylation is 1. The molecule has 40 heavy (non-hydrogen) atoms. The topological polar surface area (TPSA) is 59.3 Å². The third-order valence-electron chi connectivity index (χ3n) is 8.13. The van der Waals surface area contributed by atoms with Crippen molar-refractivity contribution in [2.75, 3.05) is 6.61 Å². The van der Waals surface area contributed by atoms with Crippen molar-refractivity contribution in [3.63, 3.8) is 0 Å². The van der Waals surface area contributed by atoms with Crippen LogP contribution in [0.4, 0.5) is 4.39 Å². The smallest absolute Gasteiger partial charge is 0.340 e. The molecule has 4 nitrogen and oxygen atoms in total. The number of unbranched alkanes of at least 4 members (excludes halogenated alkanes) is 6. The highest BCUT2D eigenvalue weighted by Gasteiger charge is 2.27. The number of carbonyl (C=O) groups excluding carboxylic acids is 1. The van der Waals surface area contributed by atoms with Gasteiger partial charge in [-0.2, -0.15) is 5.26 Å². The summed E-state index contributed by atoms with van der Waals surface area (Å²) in [5, 5.41) is 9.67. The Hall–Kier alpha value is -2.87. The van der Waals surface area contributed by atoms with Crippen LogP contribution < -0.4 is 4.74 Å². The molecular formula is C35H48FNO3. The van der Waals surface area contributed by atoms with Crippen molar-refractivity contribution < 1.29 is 18.7 Å². The molecule has 0 unspecified atom stereocenters. The summed E-state index contributed by atoms with van der Waals surface area (Å²) in [4.78, 5) is 12.0. The van der Waals surface area contributed by atoms with Crippen molar-refractivity contribution in [2.24, 2.45) is 5.92 Å². The first-order chi connectivity index (χ1) is 19.5. The van der Waals surface area contributed by atoms with Gasteiger partial charge >= 0.3 is 5.97 Å². The number of alkyl halides is 1. The second kappa shape index (κ2) is 17.7. The van der Waals surface area contributed by atoms with Crippen molar-refractivity contribution in [1.82, 2.24) is 0 Å². The van der Waals surface area contributed by atoms with Gasteiger partial charge in [-0.25, -0.2) is 9.18 Å². The van der Waals surface area contributed by atoms with Crippen LogP contribution in [-0.2, 0) is 16.0 Å². The fourth-order valence-electron chi connectivity index (χ4n) is 5.50. The van der Waals surface area contributed by atoms with Gasteiger partial charge in [0, 0.05) is 0 Å². The van der Waals surface area contributed by atoms with Gasteiger partial charge in [0.15, 0.2) is 6.17 Å². The van der Waals surface area contributed by atoms with E-state index in [9.17, 15) is 14.4 Å². The van der Waals surface area contributed by atoms with Gasteiger partial charge in [-0.3, -0.25) is 0 Å². The third-order valence-corrected chi connectivity index (χ3v) is 8.13. The maximum atomic E-state index is 13.9. The molecule has 0 bridgehead atoms. The monoisotopic (exact) mass is 549 g/mol. The molecule has 0 N–H and O–H groups in total. The number of esters is 1. The molecule has 1 aliphatic carbocycles. The van der Waals surface area contributed by atoms with Crippen LogP contribution in [0.25, 0.3) is 11.1 Å². The van der Waals surface area contributed by atoms with Crippen molar-refractivity contribution in [3.8, 4) is 22.9 Å². The molecule has 0 aliphatic heterocycles. The Bertz CT molecular complexity index is 1050. The maximum Gasteiger partial charge on any atom is 0.340 e. The van der Waals surface area contributed by atoms with Gasteiger partial charge in [-0.05, 0) is 86.1 Å². The summed E-state index contributed by atoms with van der Waals surface area (Å²) in [6.45, 7) is 4.87. The lowest BCUT2D eigenvalue weighted by Gasteiger charge is -2.28. The van der Waals surface area contributed by atoms with E-state index in [-0.39, 0.29) is 12.5 Å². The molecule has 0 heterocycles. The van der Waals surface area contributed by atoms with Gasteiger partial charge in [-0.15, -0.1) is 0 Å². The summed E-state index contributed by atoms with van der Waals surface area (Å²) in [5.74, 6) is 0.606. The largest absolute Gasteiger partial charge is 0.492 e. The normalized spacial score (nSPS) is 17.6. The summed E-state index contributed by atoms with van der Waals surface area (Å²) < 4.78 is 25.3. The highest BCUT2D eigenvalue weighted by atomic mass is 19.1. The molecule has 0 spiro atoms. The Morgan fingerprint density at radius 2 is 1.60 bits per heavy atom. The highest BCUT2D eigenvalue weighted by Crippen LogP contribution is 2.31. The van der Waals surface area contributed by atoms with Crippen LogP contribution in [0.3, 0.4) is 0 Å². The SMILES string of the molecule is CCCCCCCCOc1ccc(-c2ccc(CCC3CCC(OC(=O)[C@@H](F)CCCC)CC3)cc2)cc1C#N. The molecule has 5 heteroatoms. The number of rotatable bonds is 17. The summed E-state index contributed by atoms with van der Waals surface area (Å²) in [6.07, 6.45) is 13.3. The number of halogens is 1. The average Bonchev–Trinajstić information content (AvgIpc) is 2.99. The number of benzene rings is 2. The van der Waals surface area contributed by atoms with E-state index in [1.807, 2.05) is 25.1 Å². The molecule has 1 fully saturated rings. The van der Waals surface area contributed by atoms with Crippen LogP contribution in [0, 0.1) is 17.2 Å². The first-order valence-corrected chi connectivity index (χ1v) is 15.6. The van der Waals surface area contributed by atoms with Crippen LogP contribution in [-0.4, -0.2) is 24.9 Å². The van der Waals surface area contributed by atoms with Crippen molar-refractivity contribution in [1.29, 1.82) is 5.26 Å². The summed E-state index contributed by atoms with van der Waals surface area (Å²) in [7, 11) is 0. The van der Waals surface area contributed by atoms with Crippen molar-refractivity contribution >= 4 is 5.97 Å². The highest BCUT2D eigenvalue weighted by molar-refractivity contribution is 5.74. The van der Waals surface area contributed by atoms with E-state index < -0.39 is 12.1 Å². The summed E-state index contributed by atoms with van der Waals surface area (Å²) in [6, 6.07) is 16.8. The zero-order valence-electron chi connectivity index (χ0n) is 24.6. The number of hydrogen-bond donors (Lipinski definition) is 0. The van der Waals surface area contributed by atoms with E-state index in [1.54, 1.807) is 0 Å². The molecule has 2 aromatic rings. The van der Waals surface area contributed by atoms with Gasteiger partial charge in [0.25, 0.3) is 0 Å². The summed E-state index contributed by atoms with van der Waals surface area (Å²) in [5.41, 5.74) is 3.99. The molecule has 0 radical (unpaired) electrons. The van der Waals surface area contributed by atoms with Crippen LogP contribution in [0.5, 0.6) is 5.75 Å². The zero-order valence-corrected chi connectivity index (χ0v) is 24.6. The quantitative estimate of drug-likeness (QED) is 0.146. The summed E-state index contributed by atoms with van der Waals surface area (Å²) >= 11 is 0. The first-order valence-electron chi connectivity index (χ1n) is 15.6. The Morgan fingerprint density at radius 3 is 2.30 bits per heavy atom. The first kappa shape index (κ1) is 31.7. The second-order valence-corrected chi connectivity index (χ2v) is 11.4. The number of nitrogens with zero attached hydrogens (tertiary/aromatic N) is 1. The molecule has 0 saturated heterocycles. The van der Waals surface area contributed by atoms with E-state index in [0.29, 0.717) is 30.3 Å². The minimum absolute atomic E-state index is 0.131. The molecule has 0 aromatic heterocycles. The van der Waals surface area contributed by atoms with E-state index in [4.69, 9.17) is 9.47 Å².